The zero-order valence-corrected chi connectivity index (χ0v) is 16.8. The average Bonchev–Trinajstić information content (AvgIpc) is 2.66. The van der Waals surface area contributed by atoms with E-state index in [9.17, 15) is 9.59 Å². The van der Waals surface area contributed by atoms with Crippen molar-refractivity contribution in [2.24, 2.45) is 0 Å². The highest BCUT2D eigenvalue weighted by Crippen LogP contribution is 2.17. The second-order valence-corrected chi connectivity index (χ2v) is 7.02. The third-order valence-electron chi connectivity index (χ3n) is 4.19. The number of benzene rings is 2. The smallest absolute Gasteiger partial charge is 0.243 e. The second kappa shape index (κ2) is 10.1. The number of nitrogens with one attached hydrogen (secondary N) is 1. The van der Waals surface area contributed by atoms with Gasteiger partial charge in [-0.1, -0.05) is 65.3 Å². The highest BCUT2D eigenvalue weighted by molar-refractivity contribution is 9.10. The molecule has 0 aliphatic carbocycles. The van der Waals surface area contributed by atoms with E-state index in [1.54, 1.807) is 4.90 Å². The molecule has 0 aliphatic heterocycles. The first-order chi connectivity index (χ1) is 12.5. The Kier molecular flexibility index (Phi) is 7.85. The molecule has 2 aromatic rings. The molecule has 2 rings (SSSR count). The molecule has 0 bridgehead atoms. The first-order valence-corrected chi connectivity index (χ1v) is 9.70. The molecule has 0 spiro atoms. The normalized spacial score (nSPS) is 11.7. The van der Waals surface area contributed by atoms with E-state index in [1.165, 1.54) is 0 Å². The highest BCUT2D eigenvalue weighted by atomic mass is 79.9. The molecule has 0 fully saturated rings. The van der Waals surface area contributed by atoms with Crippen molar-refractivity contribution in [3.05, 3.63) is 70.2 Å². The number of halogens is 1. The van der Waals surface area contributed by atoms with E-state index in [-0.39, 0.29) is 11.8 Å². The molecule has 2 aromatic carbocycles. The third-order valence-corrected chi connectivity index (χ3v) is 4.72. The van der Waals surface area contributed by atoms with Crippen LogP contribution >= 0.6 is 15.9 Å². The lowest BCUT2D eigenvalue weighted by Crippen LogP contribution is -2.50. The molecule has 0 aromatic heterocycles. The van der Waals surface area contributed by atoms with E-state index in [1.807, 2.05) is 68.4 Å². The summed E-state index contributed by atoms with van der Waals surface area (Å²) in [6.07, 6.45) is 0.857. The zero-order valence-electron chi connectivity index (χ0n) is 15.2. The van der Waals surface area contributed by atoms with Crippen LogP contribution in [0, 0.1) is 0 Å². The van der Waals surface area contributed by atoms with Crippen molar-refractivity contribution in [2.45, 2.75) is 39.3 Å². The minimum atomic E-state index is -0.534. The molecule has 4 nitrogen and oxygen atoms in total. The Balaban J connectivity index is 2.31. The molecule has 1 N–H and O–H groups in total. The summed E-state index contributed by atoms with van der Waals surface area (Å²) in [5, 5.41) is 2.88. The van der Waals surface area contributed by atoms with Gasteiger partial charge in [-0.25, -0.2) is 0 Å². The van der Waals surface area contributed by atoms with Gasteiger partial charge in [0.25, 0.3) is 0 Å². The first-order valence-electron chi connectivity index (χ1n) is 8.90. The Morgan fingerprint density at radius 3 is 2.23 bits per heavy atom. The molecular weight excluding hydrogens is 392 g/mol. The molecule has 0 saturated heterocycles. The van der Waals surface area contributed by atoms with Gasteiger partial charge in [0.2, 0.25) is 11.8 Å². The Hall–Kier alpha value is -2.14. The second-order valence-electron chi connectivity index (χ2n) is 6.10. The SMILES string of the molecule is CCNC(=O)[C@@H](Cc1ccccc1)N(Cc1ccc(Br)cc1)C(=O)CC. The molecule has 5 heteroatoms. The summed E-state index contributed by atoms with van der Waals surface area (Å²) >= 11 is 3.43. The predicted octanol–water partition coefficient (Wildman–Crippen LogP) is 3.94. The van der Waals surface area contributed by atoms with Crippen LogP contribution in [-0.2, 0) is 22.6 Å². The van der Waals surface area contributed by atoms with Gasteiger partial charge in [-0.2, -0.15) is 0 Å². The maximum atomic E-state index is 12.7. The van der Waals surface area contributed by atoms with Crippen molar-refractivity contribution < 1.29 is 9.59 Å². The van der Waals surface area contributed by atoms with Crippen molar-refractivity contribution >= 4 is 27.7 Å². The largest absolute Gasteiger partial charge is 0.355 e. The Labute approximate surface area is 163 Å². The van der Waals surface area contributed by atoms with Gasteiger partial charge in [0.05, 0.1) is 0 Å². The number of carbonyl (C=O) groups is 2. The molecule has 138 valence electrons. The van der Waals surface area contributed by atoms with Crippen LogP contribution in [0.15, 0.2) is 59.1 Å². The molecule has 26 heavy (non-hydrogen) atoms. The molecule has 1 atom stereocenters. The topological polar surface area (TPSA) is 49.4 Å². The van der Waals surface area contributed by atoms with Crippen LogP contribution < -0.4 is 5.32 Å². The maximum absolute atomic E-state index is 12.7. The zero-order chi connectivity index (χ0) is 18.9. The van der Waals surface area contributed by atoms with E-state index in [4.69, 9.17) is 0 Å². The van der Waals surface area contributed by atoms with Gasteiger partial charge < -0.3 is 10.2 Å². The number of hydrogen-bond donors (Lipinski definition) is 1. The van der Waals surface area contributed by atoms with Crippen LogP contribution in [0.3, 0.4) is 0 Å². The van der Waals surface area contributed by atoms with Gasteiger partial charge in [0.1, 0.15) is 6.04 Å². The minimum absolute atomic E-state index is 0.0277. The number of hydrogen-bond acceptors (Lipinski definition) is 2. The van der Waals surface area contributed by atoms with Crippen LogP contribution in [0.25, 0.3) is 0 Å². The summed E-state index contributed by atoms with van der Waals surface area (Å²) in [4.78, 5) is 27.1. The average molecular weight is 417 g/mol. The van der Waals surface area contributed by atoms with E-state index in [0.717, 1.165) is 15.6 Å². The summed E-state index contributed by atoms with van der Waals surface area (Å²) in [7, 11) is 0. The van der Waals surface area contributed by atoms with E-state index in [0.29, 0.717) is 25.9 Å². The summed E-state index contributed by atoms with van der Waals surface area (Å²) in [6.45, 7) is 4.66. The Morgan fingerprint density at radius 2 is 1.65 bits per heavy atom. The molecule has 0 radical (unpaired) electrons. The third kappa shape index (κ3) is 5.70. The lowest BCUT2D eigenvalue weighted by molar-refractivity contribution is -0.141. The number of carbonyl (C=O) groups excluding carboxylic acids is 2. The Bertz CT molecular complexity index is 717. The fourth-order valence-electron chi connectivity index (χ4n) is 2.84. The number of rotatable bonds is 8. The molecule has 2 amide bonds. The maximum Gasteiger partial charge on any atom is 0.243 e. The van der Waals surface area contributed by atoms with Crippen molar-refractivity contribution in [2.75, 3.05) is 6.54 Å². The fraction of sp³-hybridized carbons (Fsp3) is 0.333. The molecular formula is C21H25BrN2O2. The number of nitrogens with zero attached hydrogens (tertiary/aromatic N) is 1. The highest BCUT2D eigenvalue weighted by Gasteiger charge is 2.29. The fourth-order valence-corrected chi connectivity index (χ4v) is 3.10. The lowest BCUT2D eigenvalue weighted by Gasteiger charge is -2.31. The first kappa shape index (κ1) is 20.2. The van der Waals surface area contributed by atoms with Crippen molar-refractivity contribution in [3.63, 3.8) is 0 Å². The van der Waals surface area contributed by atoms with Crippen molar-refractivity contribution in [3.8, 4) is 0 Å². The van der Waals surface area contributed by atoms with Crippen LogP contribution in [0.1, 0.15) is 31.4 Å². The van der Waals surface area contributed by atoms with Crippen LogP contribution in [0.2, 0.25) is 0 Å². The summed E-state index contributed by atoms with van der Waals surface area (Å²) in [6, 6.07) is 17.1. The molecule has 0 heterocycles. The molecule has 0 saturated carbocycles. The van der Waals surface area contributed by atoms with Gasteiger partial charge >= 0.3 is 0 Å². The monoisotopic (exact) mass is 416 g/mol. The quantitative estimate of drug-likeness (QED) is 0.708. The minimum Gasteiger partial charge on any atom is -0.355 e. The molecule has 0 unspecified atom stereocenters. The van der Waals surface area contributed by atoms with Crippen molar-refractivity contribution in [1.82, 2.24) is 10.2 Å². The van der Waals surface area contributed by atoms with Gasteiger partial charge in [-0.3, -0.25) is 9.59 Å². The van der Waals surface area contributed by atoms with Gasteiger partial charge in [-0.05, 0) is 30.2 Å². The molecule has 0 aliphatic rings. The van der Waals surface area contributed by atoms with E-state index >= 15 is 0 Å². The summed E-state index contributed by atoms with van der Waals surface area (Å²) in [5.41, 5.74) is 2.03. The summed E-state index contributed by atoms with van der Waals surface area (Å²) in [5.74, 6) is -0.143. The number of likely N-dealkylation sites (N-methyl/N-ethyl adjacent to an activating group) is 1. The lowest BCUT2D eigenvalue weighted by atomic mass is 10.0. The van der Waals surface area contributed by atoms with E-state index < -0.39 is 6.04 Å². The summed E-state index contributed by atoms with van der Waals surface area (Å²) < 4.78 is 0.985. The predicted molar refractivity (Wildman–Crippen MR) is 108 cm³/mol. The Morgan fingerprint density at radius 1 is 1.00 bits per heavy atom. The van der Waals surface area contributed by atoms with Gasteiger partial charge in [0, 0.05) is 30.4 Å². The van der Waals surface area contributed by atoms with Crippen molar-refractivity contribution in [1.29, 1.82) is 0 Å². The van der Waals surface area contributed by atoms with E-state index in [2.05, 4.69) is 21.2 Å². The van der Waals surface area contributed by atoms with Gasteiger partial charge in [-0.15, -0.1) is 0 Å². The van der Waals surface area contributed by atoms with Crippen LogP contribution in [-0.4, -0.2) is 29.3 Å². The number of amides is 2. The van der Waals surface area contributed by atoms with Gasteiger partial charge in [0.15, 0.2) is 0 Å². The standard InChI is InChI=1S/C21H25BrN2O2/c1-3-20(25)24(15-17-10-12-18(22)13-11-17)19(21(26)23-4-2)14-16-8-6-5-7-9-16/h5-13,19H,3-4,14-15H2,1-2H3,(H,23,26)/t19-/m1/s1. The van der Waals surface area contributed by atoms with Crippen LogP contribution in [0.5, 0.6) is 0 Å². The van der Waals surface area contributed by atoms with Crippen LogP contribution in [0.4, 0.5) is 0 Å².